The molecule has 47 heavy (non-hydrogen) atoms. The lowest BCUT2D eigenvalue weighted by Gasteiger charge is -2.56. The van der Waals surface area contributed by atoms with E-state index in [1.54, 1.807) is 11.8 Å². The number of nitrogens with one attached hydrogen (secondary N) is 2. The summed E-state index contributed by atoms with van der Waals surface area (Å²) in [6.07, 6.45) is 6.72. The van der Waals surface area contributed by atoms with Crippen molar-refractivity contribution in [3.8, 4) is 11.1 Å². The Balaban J connectivity index is 1.03. The molecule has 4 saturated carbocycles. The van der Waals surface area contributed by atoms with Crippen molar-refractivity contribution in [3.05, 3.63) is 95.1 Å². The highest BCUT2D eigenvalue weighted by atomic mass is 32.2. The first kappa shape index (κ1) is 32.7. The second kappa shape index (κ2) is 14.3. The largest absolute Gasteiger partial charge is 0.396 e. The van der Waals surface area contributed by atoms with Gasteiger partial charge in [0.1, 0.15) is 0 Å². The number of aliphatic hydroxyl groups excluding tert-OH is 2. The van der Waals surface area contributed by atoms with E-state index >= 15 is 0 Å². The van der Waals surface area contributed by atoms with Crippen LogP contribution in [0.5, 0.6) is 0 Å². The SMILES string of the molecule is C[C@H]1[C@@H](CSCCO)O[C@@H](c2cccc(-c3cccc(CNC(=O)NC45CC6CC(CC(C6)C4)C5)c3)c2)O[C@H]1c1ccc(CO)cc1. The van der Waals surface area contributed by atoms with Gasteiger partial charge in [-0.2, -0.15) is 11.8 Å². The number of urea groups is 1. The summed E-state index contributed by atoms with van der Waals surface area (Å²) in [6, 6.07) is 24.6. The Labute approximate surface area is 282 Å². The fourth-order valence-corrected chi connectivity index (χ4v) is 9.94. The molecule has 2 amide bonds. The van der Waals surface area contributed by atoms with E-state index in [9.17, 15) is 15.0 Å². The number of aliphatic hydroxyl groups is 2. The van der Waals surface area contributed by atoms with E-state index < -0.39 is 6.29 Å². The van der Waals surface area contributed by atoms with Crippen LogP contribution in [0.3, 0.4) is 0 Å². The zero-order chi connectivity index (χ0) is 32.4. The normalized spacial score (nSPS) is 31.1. The zero-order valence-corrected chi connectivity index (χ0v) is 28.1. The lowest BCUT2D eigenvalue weighted by molar-refractivity contribution is -0.268. The van der Waals surface area contributed by atoms with Crippen LogP contribution in [0.25, 0.3) is 11.1 Å². The van der Waals surface area contributed by atoms with Crippen LogP contribution < -0.4 is 10.6 Å². The molecule has 1 aliphatic heterocycles. The van der Waals surface area contributed by atoms with Gasteiger partial charge in [-0.15, -0.1) is 0 Å². The number of hydrogen-bond donors (Lipinski definition) is 4. The summed E-state index contributed by atoms with van der Waals surface area (Å²) in [5, 5.41) is 25.5. The Morgan fingerprint density at radius 3 is 2.21 bits per heavy atom. The van der Waals surface area contributed by atoms with Crippen molar-refractivity contribution >= 4 is 17.8 Å². The molecule has 7 nitrogen and oxygen atoms in total. The van der Waals surface area contributed by atoms with Crippen molar-refractivity contribution in [1.82, 2.24) is 10.6 Å². The number of ether oxygens (including phenoxy) is 2. The number of hydrogen-bond acceptors (Lipinski definition) is 6. The molecule has 8 rings (SSSR count). The minimum absolute atomic E-state index is 0.000586. The van der Waals surface area contributed by atoms with Crippen molar-refractivity contribution in [2.75, 3.05) is 18.1 Å². The summed E-state index contributed by atoms with van der Waals surface area (Å²) in [5.74, 6) is 3.91. The average molecular weight is 657 g/mol. The third kappa shape index (κ3) is 7.42. The third-order valence-corrected chi connectivity index (χ3v) is 12.0. The Hall–Kier alpha value is -2.88. The summed E-state index contributed by atoms with van der Waals surface area (Å²) < 4.78 is 13.3. The van der Waals surface area contributed by atoms with Crippen molar-refractivity contribution in [2.45, 2.75) is 82.6 Å². The molecule has 0 spiro atoms. The number of carbonyl (C=O) groups is 1. The van der Waals surface area contributed by atoms with Gasteiger partial charge < -0.3 is 30.3 Å². The van der Waals surface area contributed by atoms with E-state index in [0.29, 0.717) is 12.3 Å². The molecule has 1 heterocycles. The first-order chi connectivity index (χ1) is 22.9. The molecule has 8 heteroatoms. The highest BCUT2D eigenvalue weighted by molar-refractivity contribution is 7.99. The first-order valence-electron chi connectivity index (χ1n) is 17.3. The third-order valence-electron chi connectivity index (χ3n) is 10.9. The van der Waals surface area contributed by atoms with E-state index in [0.717, 1.165) is 76.1 Å². The summed E-state index contributed by atoms with van der Waals surface area (Å²) in [5.41, 5.74) is 6.06. The van der Waals surface area contributed by atoms with Gasteiger partial charge in [0, 0.05) is 35.1 Å². The Bertz CT molecular complexity index is 1490. The standard InChI is InChI=1S/C39H48N2O5S/c1-25-35(24-47-13-12-42)45-37(46-36(25)31-10-8-26(23-43)9-11-31)34-7-3-6-33(18-34)32-5-2-4-27(17-32)22-40-38(44)41-39-19-28-14-29(20-39)16-30(15-28)21-39/h2-11,17-18,25,28-30,35-37,42-43H,12-16,19-24H2,1H3,(H2,40,41,44)/t25-,28?,29?,30?,35+,36+,37+,39?/m0/s1. The molecule has 4 bridgehead atoms. The van der Waals surface area contributed by atoms with Crippen LogP contribution in [-0.2, 0) is 22.6 Å². The van der Waals surface area contributed by atoms with Crippen LogP contribution in [-0.4, -0.2) is 46.0 Å². The second-order valence-electron chi connectivity index (χ2n) is 14.5. The van der Waals surface area contributed by atoms with Crippen LogP contribution in [0.1, 0.15) is 80.1 Å². The van der Waals surface area contributed by atoms with Gasteiger partial charge in [-0.25, -0.2) is 4.79 Å². The number of rotatable bonds is 11. The van der Waals surface area contributed by atoms with Gasteiger partial charge in [0.25, 0.3) is 0 Å². The predicted molar refractivity (Wildman–Crippen MR) is 186 cm³/mol. The average Bonchev–Trinajstić information content (AvgIpc) is 3.07. The minimum atomic E-state index is -0.550. The lowest BCUT2D eigenvalue weighted by atomic mass is 9.53. The molecular weight excluding hydrogens is 609 g/mol. The van der Waals surface area contributed by atoms with Crippen LogP contribution >= 0.6 is 11.8 Å². The van der Waals surface area contributed by atoms with Gasteiger partial charge in [0.15, 0.2) is 6.29 Å². The van der Waals surface area contributed by atoms with Gasteiger partial charge in [0.05, 0.1) is 25.4 Å². The quantitative estimate of drug-likeness (QED) is 0.164. The maximum Gasteiger partial charge on any atom is 0.315 e. The zero-order valence-electron chi connectivity index (χ0n) is 27.3. The highest BCUT2D eigenvalue weighted by Gasteiger charge is 2.51. The second-order valence-corrected chi connectivity index (χ2v) is 15.6. The van der Waals surface area contributed by atoms with Gasteiger partial charge in [-0.3, -0.25) is 0 Å². The molecule has 3 aromatic carbocycles. The van der Waals surface area contributed by atoms with Crippen molar-refractivity contribution in [3.63, 3.8) is 0 Å². The molecule has 0 unspecified atom stereocenters. The fraction of sp³-hybridized carbons (Fsp3) is 0.513. The molecule has 1 saturated heterocycles. The molecule has 3 aromatic rings. The number of amides is 2. The highest BCUT2D eigenvalue weighted by Crippen LogP contribution is 2.55. The molecule has 4 atom stereocenters. The van der Waals surface area contributed by atoms with Gasteiger partial charge in [-0.05, 0) is 96.2 Å². The first-order valence-corrected chi connectivity index (χ1v) is 18.5. The molecule has 4 N–H and O–H groups in total. The minimum Gasteiger partial charge on any atom is -0.396 e. The maximum atomic E-state index is 13.1. The molecular formula is C39H48N2O5S. The number of carbonyl (C=O) groups excluding carboxylic acids is 1. The van der Waals surface area contributed by atoms with E-state index in [1.165, 1.54) is 19.3 Å². The van der Waals surface area contributed by atoms with Crippen LogP contribution in [0.15, 0.2) is 72.8 Å². The molecule has 0 radical (unpaired) electrons. The van der Waals surface area contributed by atoms with Crippen molar-refractivity contribution in [1.29, 1.82) is 0 Å². The lowest BCUT2D eigenvalue weighted by Crippen LogP contribution is -2.61. The predicted octanol–water partition coefficient (Wildman–Crippen LogP) is 7.13. The van der Waals surface area contributed by atoms with Gasteiger partial charge in [0.2, 0.25) is 0 Å². The summed E-state index contributed by atoms with van der Waals surface area (Å²) in [6.45, 7) is 2.78. The summed E-state index contributed by atoms with van der Waals surface area (Å²) in [4.78, 5) is 13.1. The summed E-state index contributed by atoms with van der Waals surface area (Å²) in [7, 11) is 0. The molecule has 5 fully saturated rings. The van der Waals surface area contributed by atoms with Crippen LogP contribution in [0.4, 0.5) is 4.79 Å². The Morgan fingerprint density at radius 2 is 1.53 bits per heavy atom. The number of thioether (sulfide) groups is 1. The van der Waals surface area contributed by atoms with E-state index in [2.05, 4.69) is 47.9 Å². The smallest absolute Gasteiger partial charge is 0.315 e. The van der Waals surface area contributed by atoms with Crippen molar-refractivity contribution in [2.24, 2.45) is 23.7 Å². The Kier molecular flexibility index (Phi) is 9.94. The molecule has 250 valence electrons. The Morgan fingerprint density at radius 1 is 0.851 bits per heavy atom. The van der Waals surface area contributed by atoms with E-state index in [-0.39, 0.29) is 42.9 Å². The fourth-order valence-electron chi connectivity index (χ4n) is 9.03. The monoisotopic (exact) mass is 656 g/mol. The topological polar surface area (TPSA) is 100 Å². The molecule has 4 aliphatic carbocycles. The van der Waals surface area contributed by atoms with E-state index in [1.807, 2.05) is 42.5 Å². The van der Waals surface area contributed by atoms with Crippen LogP contribution in [0, 0.1) is 23.7 Å². The molecule has 0 aromatic heterocycles. The summed E-state index contributed by atoms with van der Waals surface area (Å²) >= 11 is 1.69. The number of benzene rings is 3. The van der Waals surface area contributed by atoms with Crippen LogP contribution in [0.2, 0.25) is 0 Å². The van der Waals surface area contributed by atoms with Gasteiger partial charge >= 0.3 is 6.03 Å². The van der Waals surface area contributed by atoms with E-state index in [4.69, 9.17) is 9.47 Å². The molecule has 5 aliphatic rings. The van der Waals surface area contributed by atoms with Gasteiger partial charge in [-0.1, -0.05) is 67.6 Å². The van der Waals surface area contributed by atoms with Crippen molar-refractivity contribution < 1.29 is 24.5 Å². The maximum absolute atomic E-state index is 13.1.